The number of hydrogen-bond acceptors (Lipinski definition) is 5. The predicted octanol–water partition coefficient (Wildman–Crippen LogP) is 3.87. The van der Waals surface area contributed by atoms with E-state index in [1.54, 1.807) is 24.3 Å². The van der Waals surface area contributed by atoms with Gasteiger partial charge in [0.1, 0.15) is 17.8 Å². The molecule has 6 nitrogen and oxygen atoms in total. The summed E-state index contributed by atoms with van der Waals surface area (Å²) in [5, 5.41) is 2.64. The number of amides is 1. The fraction of sp³-hybridized carbons (Fsp3) is 0.0526. The molecule has 0 saturated carbocycles. The fourth-order valence-corrected chi connectivity index (χ4v) is 2.02. The van der Waals surface area contributed by atoms with Crippen LogP contribution in [0.3, 0.4) is 0 Å². The van der Waals surface area contributed by atoms with E-state index < -0.39 is 11.9 Å². The number of para-hydroxylation sites is 1. The summed E-state index contributed by atoms with van der Waals surface area (Å²) in [6.45, 7) is -0.383. The number of rotatable bonds is 6. The highest BCUT2D eigenvalue weighted by Crippen LogP contribution is 2.22. The first-order chi connectivity index (χ1) is 12.2. The first-order valence-corrected chi connectivity index (χ1v) is 7.53. The van der Waals surface area contributed by atoms with Gasteiger partial charge in [-0.25, -0.2) is 4.79 Å². The molecular formula is C19H15NO5. The Kier molecular flexibility index (Phi) is 5.11. The van der Waals surface area contributed by atoms with Gasteiger partial charge in [-0.15, -0.1) is 0 Å². The number of carbonyl (C=O) groups excluding carboxylic acids is 2. The number of ether oxygens (including phenoxy) is 2. The molecule has 0 atom stereocenters. The second-order valence-electron chi connectivity index (χ2n) is 5.08. The second kappa shape index (κ2) is 7.83. The van der Waals surface area contributed by atoms with Crippen LogP contribution in [0.1, 0.15) is 10.4 Å². The van der Waals surface area contributed by atoms with Crippen LogP contribution in [0.2, 0.25) is 0 Å². The van der Waals surface area contributed by atoms with Gasteiger partial charge in [0, 0.05) is 5.69 Å². The molecule has 0 bridgehead atoms. The molecule has 3 rings (SSSR count). The lowest BCUT2D eigenvalue weighted by molar-refractivity contribution is -0.119. The van der Waals surface area contributed by atoms with Gasteiger partial charge in [0.05, 0.1) is 11.8 Å². The lowest BCUT2D eigenvalue weighted by atomic mass is 10.3. The van der Waals surface area contributed by atoms with Gasteiger partial charge in [0.2, 0.25) is 0 Å². The Labute approximate surface area is 144 Å². The molecule has 6 heteroatoms. The molecule has 0 fully saturated rings. The third kappa shape index (κ3) is 4.71. The standard InChI is InChI=1S/C19H15NO5/c21-18(13-24-19(22)14-10-11-23-12-14)20-15-6-8-17(9-7-15)25-16-4-2-1-3-5-16/h1-12H,13H2,(H,20,21). The Balaban J connectivity index is 1.49. The predicted molar refractivity (Wildman–Crippen MR) is 90.6 cm³/mol. The number of anilines is 1. The zero-order valence-corrected chi connectivity index (χ0v) is 13.2. The molecule has 25 heavy (non-hydrogen) atoms. The highest BCUT2D eigenvalue weighted by molar-refractivity contribution is 5.95. The number of carbonyl (C=O) groups is 2. The Hall–Kier alpha value is -3.54. The Morgan fingerprint density at radius 2 is 1.64 bits per heavy atom. The van der Waals surface area contributed by atoms with E-state index in [1.165, 1.54) is 18.6 Å². The van der Waals surface area contributed by atoms with Crippen LogP contribution in [0.25, 0.3) is 0 Å². The van der Waals surface area contributed by atoms with Gasteiger partial charge < -0.3 is 19.2 Å². The van der Waals surface area contributed by atoms with Gasteiger partial charge in [-0.3, -0.25) is 4.79 Å². The van der Waals surface area contributed by atoms with Crippen LogP contribution in [0.4, 0.5) is 5.69 Å². The first-order valence-electron chi connectivity index (χ1n) is 7.53. The van der Waals surface area contributed by atoms with Crippen LogP contribution in [0.5, 0.6) is 11.5 Å². The molecular weight excluding hydrogens is 322 g/mol. The van der Waals surface area contributed by atoms with Crippen molar-refractivity contribution in [3.05, 3.63) is 78.8 Å². The molecule has 1 aromatic heterocycles. The minimum absolute atomic E-state index is 0.259. The van der Waals surface area contributed by atoms with E-state index >= 15 is 0 Å². The molecule has 1 N–H and O–H groups in total. The Morgan fingerprint density at radius 3 is 2.32 bits per heavy atom. The average molecular weight is 337 g/mol. The van der Waals surface area contributed by atoms with E-state index in [9.17, 15) is 9.59 Å². The van der Waals surface area contributed by atoms with Crippen molar-refractivity contribution in [2.45, 2.75) is 0 Å². The molecule has 0 unspecified atom stereocenters. The summed E-state index contributed by atoms with van der Waals surface area (Å²) in [5.41, 5.74) is 0.833. The van der Waals surface area contributed by atoms with Gasteiger partial charge in [0.25, 0.3) is 5.91 Å². The van der Waals surface area contributed by atoms with Crippen LogP contribution < -0.4 is 10.1 Å². The molecule has 0 aliphatic heterocycles. The van der Waals surface area contributed by atoms with Gasteiger partial charge in [-0.2, -0.15) is 0 Å². The summed E-state index contributed by atoms with van der Waals surface area (Å²) in [5.74, 6) is 0.324. The maximum Gasteiger partial charge on any atom is 0.341 e. The quantitative estimate of drug-likeness (QED) is 0.691. The zero-order chi connectivity index (χ0) is 17.5. The molecule has 0 aliphatic rings. The SMILES string of the molecule is O=C(COC(=O)c1ccoc1)Nc1ccc(Oc2ccccc2)cc1. The van der Waals surface area contributed by atoms with Crippen molar-refractivity contribution >= 4 is 17.6 Å². The Bertz CT molecular complexity index is 826. The van der Waals surface area contributed by atoms with E-state index in [-0.39, 0.29) is 12.2 Å². The molecule has 3 aromatic rings. The third-order valence-electron chi connectivity index (χ3n) is 3.21. The van der Waals surface area contributed by atoms with Crippen molar-refractivity contribution in [2.75, 3.05) is 11.9 Å². The topological polar surface area (TPSA) is 77.8 Å². The summed E-state index contributed by atoms with van der Waals surface area (Å²) in [6.07, 6.45) is 2.61. The van der Waals surface area contributed by atoms with Crippen LogP contribution in [-0.4, -0.2) is 18.5 Å². The molecule has 0 spiro atoms. The summed E-state index contributed by atoms with van der Waals surface area (Å²) < 4.78 is 15.3. The normalized spacial score (nSPS) is 10.1. The van der Waals surface area contributed by atoms with Crippen molar-refractivity contribution in [1.82, 2.24) is 0 Å². The number of furan rings is 1. The lowest BCUT2D eigenvalue weighted by Crippen LogP contribution is -2.20. The summed E-state index contributed by atoms with van der Waals surface area (Å²) >= 11 is 0. The zero-order valence-electron chi connectivity index (χ0n) is 13.2. The fourth-order valence-electron chi connectivity index (χ4n) is 2.02. The van der Waals surface area contributed by atoms with Gasteiger partial charge in [-0.05, 0) is 42.5 Å². The molecule has 1 amide bonds. The van der Waals surface area contributed by atoms with E-state index in [2.05, 4.69) is 5.32 Å². The van der Waals surface area contributed by atoms with Crippen molar-refractivity contribution in [3.8, 4) is 11.5 Å². The molecule has 126 valence electrons. The number of esters is 1. The summed E-state index contributed by atoms with van der Waals surface area (Å²) in [4.78, 5) is 23.4. The second-order valence-corrected chi connectivity index (χ2v) is 5.08. The minimum Gasteiger partial charge on any atom is -0.472 e. The van der Waals surface area contributed by atoms with Crippen molar-refractivity contribution < 1.29 is 23.5 Å². The van der Waals surface area contributed by atoms with Crippen molar-refractivity contribution in [3.63, 3.8) is 0 Å². The highest BCUT2D eigenvalue weighted by Gasteiger charge is 2.11. The van der Waals surface area contributed by atoms with Crippen LogP contribution in [-0.2, 0) is 9.53 Å². The lowest BCUT2D eigenvalue weighted by Gasteiger charge is -2.08. The van der Waals surface area contributed by atoms with E-state index in [4.69, 9.17) is 13.9 Å². The van der Waals surface area contributed by atoms with Gasteiger partial charge in [0.15, 0.2) is 6.61 Å². The van der Waals surface area contributed by atoms with E-state index in [1.807, 2.05) is 30.3 Å². The molecule has 2 aromatic carbocycles. The van der Waals surface area contributed by atoms with E-state index in [0.29, 0.717) is 11.4 Å². The maximum atomic E-state index is 11.8. The number of benzene rings is 2. The number of hydrogen-bond donors (Lipinski definition) is 1. The molecule has 0 aliphatic carbocycles. The Morgan fingerprint density at radius 1 is 0.920 bits per heavy atom. The van der Waals surface area contributed by atoms with E-state index in [0.717, 1.165) is 5.75 Å². The first kappa shape index (κ1) is 16.3. The maximum absolute atomic E-state index is 11.8. The monoisotopic (exact) mass is 337 g/mol. The van der Waals surface area contributed by atoms with Gasteiger partial charge in [-0.1, -0.05) is 18.2 Å². The smallest absolute Gasteiger partial charge is 0.341 e. The molecule has 0 saturated heterocycles. The summed E-state index contributed by atoms with van der Waals surface area (Å²) in [6, 6.07) is 17.7. The highest BCUT2D eigenvalue weighted by atomic mass is 16.5. The minimum atomic E-state index is -0.615. The van der Waals surface area contributed by atoms with Crippen molar-refractivity contribution in [2.24, 2.45) is 0 Å². The average Bonchev–Trinajstić information content (AvgIpc) is 3.17. The molecule has 1 heterocycles. The number of nitrogens with one attached hydrogen (secondary N) is 1. The van der Waals surface area contributed by atoms with Crippen LogP contribution in [0, 0.1) is 0 Å². The summed E-state index contributed by atoms with van der Waals surface area (Å²) in [7, 11) is 0. The largest absolute Gasteiger partial charge is 0.472 e. The van der Waals surface area contributed by atoms with Crippen molar-refractivity contribution in [1.29, 1.82) is 0 Å². The van der Waals surface area contributed by atoms with Crippen LogP contribution in [0.15, 0.2) is 77.6 Å². The van der Waals surface area contributed by atoms with Crippen LogP contribution >= 0.6 is 0 Å². The van der Waals surface area contributed by atoms with Gasteiger partial charge >= 0.3 is 5.97 Å². The third-order valence-corrected chi connectivity index (χ3v) is 3.21. The molecule has 0 radical (unpaired) electrons.